The third kappa shape index (κ3) is 5.63. The lowest BCUT2D eigenvalue weighted by atomic mass is 10.1. The van der Waals surface area contributed by atoms with Gasteiger partial charge in [0.05, 0.1) is 25.5 Å². The van der Waals surface area contributed by atoms with Crippen molar-refractivity contribution in [2.45, 2.75) is 20.8 Å². The second kappa shape index (κ2) is 11.5. The molecule has 0 aliphatic heterocycles. The van der Waals surface area contributed by atoms with Gasteiger partial charge < -0.3 is 14.2 Å². The van der Waals surface area contributed by atoms with Crippen molar-refractivity contribution in [1.82, 2.24) is 10.4 Å². The fourth-order valence-electron chi connectivity index (χ4n) is 3.06. The fraction of sp³-hybridized carbons (Fsp3) is 0.240. The summed E-state index contributed by atoms with van der Waals surface area (Å²) in [5.74, 6) is 0.971. The summed E-state index contributed by atoms with van der Waals surface area (Å²) in [5, 5.41) is 4.39. The third-order valence-corrected chi connectivity index (χ3v) is 4.40. The number of aromatic nitrogens is 1. The van der Waals surface area contributed by atoms with Crippen molar-refractivity contribution in [1.29, 1.82) is 0 Å². The zero-order chi connectivity index (χ0) is 22.8. The maximum atomic E-state index is 13.0. The molecular weight excluding hydrogens is 406 g/mol. The number of hydrazone groups is 1. The molecule has 1 N–H and O–H groups in total. The van der Waals surface area contributed by atoms with Gasteiger partial charge in [-0.15, -0.1) is 0 Å². The van der Waals surface area contributed by atoms with Crippen LogP contribution in [0.15, 0.2) is 72.0 Å². The molecule has 0 bridgehead atoms. The molecule has 0 radical (unpaired) electrons. The molecule has 7 nitrogen and oxygen atoms in total. The third-order valence-electron chi connectivity index (χ3n) is 4.40. The van der Waals surface area contributed by atoms with Gasteiger partial charge in [0.15, 0.2) is 11.5 Å². The predicted octanol–water partition coefficient (Wildman–Crippen LogP) is 4.46. The Morgan fingerprint density at radius 3 is 2.03 bits per heavy atom. The number of hydrogen-bond donors (Lipinski definition) is 1. The van der Waals surface area contributed by atoms with E-state index >= 15 is 0 Å². The van der Waals surface area contributed by atoms with Crippen LogP contribution in [0.4, 0.5) is 0 Å². The van der Waals surface area contributed by atoms with Crippen LogP contribution in [0.25, 0.3) is 0 Å². The highest BCUT2D eigenvalue weighted by atomic mass is 16.5. The van der Waals surface area contributed by atoms with E-state index in [0.717, 1.165) is 5.56 Å². The lowest BCUT2D eigenvalue weighted by Crippen LogP contribution is -2.21. The Morgan fingerprint density at radius 2 is 1.47 bits per heavy atom. The molecule has 3 aromatic rings. The van der Waals surface area contributed by atoms with Gasteiger partial charge in [-0.2, -0.15) is 5.10 Å². The van der Waals surface area contributed by atoms with E-state index in [1.807, 2.05) is 69.3 Å². The van der Waals surface area contributed by atoms with Crippen molar-refractivity contribution in [3.63, 3.8) is 0 Å². The molecule has 3 rings (SSSR count). The van der Waals surface area contributed by atoms with Crippen LogP contribution in [0.3, 0.4) is 0 Å². The minimum Gasteiger partial charge on any atom is -0.490 e. The van der Waals surface area contributed by atoms with Crippen LogP contribution in [0.2, 0.25) is 0 Å². The quantitative estimate of drug-likeness (QED) is 0.377. The average molecular weight is 434 g/mol. The highest BCUT2D eigenvalue weighted by molar-refractivity contribution is 6.12. The molecule has 0 aliphatic carbocycles. The minimum absolute atomic E-state index is 0.345. The van der Waals surface area contributed by atoms with Crippen LogP contribution < -0.4 is 19.6 Å². The molecule has 0 atom stereocenters. The summed E-state index contributed by atoms with van der Waals surface area (Å²) in [7, 11) is 0. The highest BCUT2D eigenvalue weighted by Gasteiger charge is 2.19. The second-order valence-electron chi connectivity index (χ2n) is 6.58. The summed E-state index contributed by atoms with van der Waals surface area (Å²) in [4.78, 5) is 17.4. The van der Waals surface area contributed by atoms with E-state index in [9.17, 15) is 4.79 Å². The van der Waals surface area contributed by atoms with E-state index in [2.05, 4.69) is 15.5 Å². The van der Waals surface area contributed by atoms with E-state index < -0.39 is 5.91 Å². The van der Waals surface area contributed by atoms with Gasteiger partial charge >= 0.3 is 0 Å². The standard InChI is InChI=1S/C25H27N3O4/c1-4-30-21-16-19(17-22(31-5-2)24(21)32-6-3)25(29)28-27-23(18-12-8-7-9-13-18)20-14-10-11-15-26-20/h7-17H,4-6H2,1-3H3,(H,28,29). The fourth-order valence-corrected chi connectivity index (χ4v) is 3.06. The molecular formula is C25H27N3O4. The predicted molar refractivity (Wildman–Crippen MR) is 124 cm³/mol. The van der Waals surface area contributed by atoms with E-state index in [1.54, 1.807) is 18.3 Å². The van der Waals surface area contributed by atoms with Crippen LogP contribution in [-0.4, -0.2) is 36.4 Å². The Balaban J connectivity index is 1.96. The molecule has 1 heterocycles. The SMILES string of the molecule is CCOc1cc(C(=O)NN=C(c2ccccc2)c2ccccn2)cc(OCC)c1OCC. The van der Waals surface area contributed by atoms with Crippen LogP contribution in [0.5, 0.6) is 17.2 Å². The van der Waals surface area contributed by atoms with Gasteiger partial charge in [-0.05, 0) is 45.0 Å². The number of hydrogen-bond acceptors (Lipinski definition) is 6. The number of rotatable bonds is 10. The van der Waals surface area contributed by atoms with Gasteiger partial charge in [0.25, 0.3) is 5.91 Å². The first kappa shape index (κ1) is 22.8. The van der Waals surface area contributed by atoms with Crippen molar-refractivity contribution < 1.29 is 19.0 Å². The monoisotopic (exact) mass is 433 g/mol. The summed E-state index contributed by atoms with van der Waals surface area (Å²) >= 11 is 0. The van der Waals surface area contributed by atoms with Crippen LogP contribution >= 0.6 is 0 Å². The normalized spacial score (nSPS) is 11.0. The van der Waals surface area contributed by atoms with Crippen molar-refractivity contribution in [3.05, 3.63) is 83.7 Å². The number of nitrogens with one attached hydrogen (secondary N) is 1. The molecule has 32 heavy (non-hydrogen) atoms. The Kier molecular flexibility index (Phi) is 8.20. The molecule has 166 valence electrons. The number of benzene rings is 2. The molecule has 0 saturated heterocycles. The van der Waals surface area contributed by atoms with Gasteiger partial charge in [0.2, 0.25) is 5.75 Å². The first-order valence-corrected chi connectivity index (χ1v) is 10.6. The lowest BCUT2D eigenvalue weighted by Gasteiger charge is -2.16. The molecule has 0 unspecified atom stereocenters. The Morgan fingerprint density at radius 1 is 0.844 bits per heavy atom. The van der Waals surface area contributed by atoms with Crippen LogP contribution in [0, 0.1) is 0 Å². The number of ether oxygens (including phenoxy) is 3. The minimum atomic E-state index is -0.403. The summed E-state index contributed by atoms with van der Waals surface area (Å²) in [6.07, 6.45) is 1.69. The zero-order valence-corrected chi connectivity index (χ0v) is 18.5. The molecule has 1 aromatic heterocycles. The van der Waals surface area contributed by atoms with Crippen LogP contribution in [-0.2, 0) is 0 Å². The molecule has 0 aliphatic rings. The summed E-state index contributed by atoms with van der Waals surface area (Å²) < 4.78 is 17.1. The van der Waals surface area contributed by atoms with Gasteiger partial charge in [-0.25, -0.2) is 5.43 Å². The highest BCUT2D eigenvalue weighted by Crippen LogP contribution is 2.39. The molecule has 0 fully saturated rings. The van der Waals surface area contributed by atoms with E-state index in [4.69, 9.17) is 14.2 Å². The first-order valence-electron chi connectivity index (χ1n) is 10.6. The Bertz CT molecular complexity index is 985. The first-order chi connectivity index (χ1) is 15.7. The maximum Gasteiger partial charge on any atom is 0.271 e. The van der Waals surface area contributed by atoms with Crippen molar-refractivity contribution in [2.24, 2.45) is 5.10 Å². The van der Waals surface area contributed by atoms with Gasteiger partial charge in [-0.3, -0.25) is 9.78 Å². The average Bonchev–Trinajstić information content (AvgIpc) is 2.82. The summed E-state index contributed by atoms with van der Waals surface area (Å²) in [5.41, 5.74) is 5.03. The molecule has 0 spiro atoms. The number of nitrogens with zero attached hydrogens (tertiary/aromatic N) is 2. The van der Waals surface area contributed by atoms with Gasteiger partial charge in [-0.1, -0.05) is 36.4 Å². The van der Waals surface area contributed by atoms with Crippen molar-refractivity contribution >= 4 is 11.6 Å². The maximum absolute atomic E-state index is 13.0. The molecule has 7 heteroatoms. The lowest BCUT2D eigenvalue weighted by molar-refractivity contribution is 0.0953. The topological polar surface area (TPSA) is 82.0 Å². The molecule has 2 aromatic carbocycles. The number of carbonyl (C=O) groups is 1. The van der Waals surface area contributed by atoms with Gasteiger partial charge in [0.1, 0.15) is 5.71 Å². The van der Waals surface area contributed by atoms with E-state index in [1.165, 1.54) is 0 Å². The van der Waals surface area contributed by atoms with Gasteiger partial charge in [0, 0.05) is 17.3 Å². The second-order valence-corrected chi connectivity index (χ2v) is 6.58. The van der Waals surface area contributed by atoms with E-state index in [-0.39, 0.29) is 0 Å². The molecule has 1 amide bonds. The smallest absolute Gasteiger partial charge is 0.271 e. The summed E-state index contributed by atoms with van der Waals surface area (Å²) in [6, 6.07) is 18.4. The van der Waals surface area contributed by atoms with Crippen molar-refractivity contribution in [3.8, 4) is 17.2 Å². The number of carbonyl (C=O) groups excluding carboxylic acids is 1. The van der Waals surface area contributed by atoms with E-state index in [0.29, 0.717) is 54.0 Å². The molecule has 0 saturated carbocycles. The largest absolute Gasteiger partial charge is 0.490 e. The zero-order valence-electron chi connectivity index (χ0n) is 18.5. The van der Waals surface area contributed by atoms with Crippen molar-refractivity contribution in [2.75, 3.05) is 19.8 Å². The Hall–Kier alpha value is -3.87. The summed E-state index contributed by atoms with van der Waals surface area (Å²) in [6.45, 7) is 6.90. The Labute approximate surface area is 188 Å². The number of pyridine rings is 1. The van der Waals surface area contributed by atoms with Crippen LogP contribution in [0.1, 0.15) is 42.4 Å². The number of amides is 1.